The fraction of sp³-hybridized carbons (Fsp3) is 0.526. The molecule has 1 aromatic carbocycles. The highest BCUT2D eigenvalue weighted by Gasteiger charge is 2.39. The van der Waals surface area contributed by atoms with Crippen LogP contribution in [0.1, 0.15) is 29.0 Å². The second-order valence-electron chi connectivity index (χ2n) is 7.69. The van der Waals surface area contributed by atoms with Crippen molar-refractivity contribution in [2.45, 2.75) is 25.8 Å². The van der Waals surface area contributed by atoms with E-state index in [1.165, 1.54) is 0 Å². The summed E-state index contributed by atoms with van der Waals surface area (Å²) in [5.74, 6) is 1.24. The summed E-state index contributed by atoms with van der Waals surface area (Å²) in [6.07, 6.45) is 2.03. The number of nitrogens with one attached hydrogen (secondary N) is 1. The second kappa shape index (κ2) is 6.30. The van der Waals surface area contributed by atoms with Gasteiger partial charge < -0.3 is 19.7 Å². The predicted molar refractivity (Wildman–Crippen MR) is 99.0 cm³/mol. The Balaban J connectivity index is 1.58. The molecule has 138 valence electrons. The zero-order valence-corrected chi connectivity index (χ0v) is 15.5. The van der Waals surface area contributed by atoms with Crippen LogP contribution in [-0.4, -0.2) is 76.4 Å². The highest BCUT2D eigenvalue weighted by atomic mass is 16.2. The van der Waals surface area contributed by atoms with Crippen LogP contribution < -0.4 is 0 Å². The van der Waals surface area contributed by atoms with Gasteiger partial charge in [0, 0.05) is 45.3 Å². The maximum atomic E-state index is 13.2. The van der Waals surface area contributed by atoms with Gasteiger partial charge in [0.25, 0.3) is 5.91 Å². The molecule has 3 fully saturated rings. The number of hydrogen-bond donors (Lipinski definition) is 1. The third-order valence-corrected chi connectivity index (χ3v) is 5.47. The van der Waals surface area contributed by atoms with Crippen LogP contribution >= 0.6 is 0 Å². The highest BCUT2D eigenvalue weighted by molar-refractivity contribution is 5.97. The maximum absolute atomic E-state index is 13.2. The first-order chi connectivity index (χ1) is 12.4. The number of carbonyl (C=O) groups excluding carboxylic acids is 2. The van der Waals surface area contributed by atoms with Crippen molar-refractivity contribution >= 4 is 23.0 Å². The summed E-state index contributed by atoms with van der Waals surface area (Å²) in [5, 5.41) is 0. The number of carbonyl (C=O) groups is 2. The van der Waals surface area contributed by atoms with Crippen LogP contribution in [0.5, 0.6) is 0 Å². The first-order valence-corrected chi connectivity index (χ1v) is 9.16. The van der Waals surface area contributed by atoms with Crippen LogP contribution in [0.25, 0.3) is 11.0 Å². The third-order valence-electron chi connectivity index (χ3n) is 5.47. The van der Waals surface area contributed by atoms with Crippen molar-refractivity contribution < 1.29 is 9.59 Å². The van der Waals surface area contributed by atoms with Gasteiger partial charge in [0.2, 0.25) is 0 Å². The minimum atomic E-state index is 0.0329. The molecule has 26 heavy (non-hydrogen) atoms. The topological polar surface area (TPSA) is 72.5 Å². The number of benzene rings is 1. The van der Waals surface area contributed by atoms with Crippen molar-refractivity contribution in [1.29, 1.82) is 0 Å². The Hall–Kier alpha value is -2.57. The minimum Gasteiger partial charge on any atom is -0.342 e. The van der Waals surface area contributed by atoms with Crippen LogP contribution in [0, 0.1) is 12.8 Å². The molecule has 7 nitrogen and oxygen atoms in total. The Morgan fingerprint density at radius 3 is 2.77 bits per heavy atom. The molecule has 3 aliphatic rings. The van der Waals surface area contributed by atoms with E-state index < -0.39 is 0 Å². The van der Waals surface area contributed by atoms with Gasteiger partial charge in [-0.05, 0) is 43.9 Å². The van der Waals surface area contributed by atoms with Crippen LogP contribution in [0.15, 0.2) is 18.2 Å². The zero-order valence-electron chi connectivity index (χ0n) is 15.5. The molecule has 0 spiro atoms. The van der Waals surface area contributed by atoms with Gasteiger partial charge in [0.05, 0.1) is 11.0 Å². The van der Waals surface area contributed by atoms with E-state index in [1.807, 2.05) is 34.9 Å². The quantitative estimate of drug-likeness (QED) is 0.851. The molecule has 1 N–H and O–H groups in total. The largest absolute Gasteiger partial charge is 0.342 e. The summed E-state index contributed by atoms with van der Waals surface area (Å²) >= 11 is 0. The van der Waals surface area contributed by atoms with Gasteiger partial charge in [-0.15, -0.1) is 0 Å². The molecule has 3 saturated heterocycles. The summed E-state index contributed by atoms with van der Waals surface area (Å²) in [6.45, 7) is 3.98. The number of aromatic amines is 1. The number of nitrogens with zero attached hydrogens (tertiary/aromatic N) is 4. The van der Waals surface area contributed by atoms with E-state index in [2.05, 4.69) is 9.97 Å². The average molecular weight is 355 g/mol. The van der Waals surface area contributed by atoms with Gasteiger partial charge in [0.15, 0.2) is 0 Å². The molecule has 3 amide bonds. The number of piperidine rings is 1. The molecule has 1 aromatic heterocycles. The van der Waals surface area contributed by atoms with E-state index in [-0.39, 0.29) is 18.0 Å². The summed E-state index contributed by atoms with van der Waals surface area (Å²) in [5.41, 5.74) is 2.44. The lowest BCUT2D eigenvalue weighted by Crippen LogP contribution is -2.48. The number of imidazole rings is 1. The number of fused-ring (bicyclic) bond motifs is 5. The van der Waals surface area contributed by atoms with Crippen LogP contribution in [0.2, 0.25) is 0 Å². The van der Waals surface area contributed by atoms with Crippen molar-refractivity contribution in [2.24, 2.45) is 5.92 Å². The molecule has 2 aromatic rings. The Morgan fingerprint density at radius 2 is 2.00 bits per heavy atom. The average Bonchev–Trinajstić information content (AvgIpc) is 2.78. The summed E-state index contributed by atoms with van der Waals surface area (Å²) < 4.78 is 0. The summed E-state index contributed by atoms with van der Waals surface area (Å²) in [6, 6.07) is 5.75. The molecule has 2 atom stereocenters. The molecule has 0 aliphatic carbocycles. The van der Waals surface area contributed by atoms with Crippen molar-refractivity contribution in [3.05, 3.63) is 29.6 Å². The van der Waals surface area contributed by atoms with Gasteiger partial charge in [-0.25, -0.2) is 9.78 Å². The molecule has 5 rings (SSSR count). The molecular formula is C19H25N5O2. The SMILES string of the molecule is Cc1nc2ccc(C(=O)N3C[C@H]4CC[C@@H]3CN(C(=O)N(C)C)C4)cc2[nH]1. The third kappa shape index (κ3) is 2.91. The van der Waals surface area contributed by atoms with Gasteiger partial charge in [-0.2, -0.15) is 0 Å². The fourth-order valence-corrected chi connectivity index (χ4v) is 4.21. The van der Waals surface area contributed by atoms with E-state index in [9.17, 15) is 9.59 Å². The Labute approximate surface area is 153 Å². The molecule has 0 radical (unpaired) electrons. The molecule has 2 bridgehead atoms. The van der Waals surface area contributed by atoms with Crippen molar-refractivity contribution in [2.75, 3.05) is 33.7 Å². The van der Waals surface area contributed by atoms with Gasteiger partial charge in [0.1, 0.15) is 5.82 Å². The highest BCUT2D eigenvalue weighted by Crippen LogP contribution is 2.30. The van der Waals surface area contributed by atoms with Crippen LogP contribution in [0.4, 0.5) is 4.79 Å². The number of aryl methyl sites for hydroxylation is 1. The zero-order chi connectivity index (χ0) is 18.4. The number of urea groups is 1. The van der Waals surface area contributed by atoms with E-state index in [1.54, 1.807) is 19.0 Å². The maximum Gasteiger partial charge on any atom is 0.319 e. The molecule has 7 heteroatoms. The minimum absolute atomic E-state index is 0.0329. The predicted octanol–water partition coefficient (Wildman–Crippen LogP) is 2.09. The molecule has 3 aliphatic heterocycles. The standard InChI is InChI=1S/C19H25N5O2/c1-12-20-16-7-5-14(8-17(16)21-12)18(25)24-10-13-4-6-15(24)11-23(9-13)19(26)22(2)3/h5,7-8,13,15H,4,6,9-11H2,1-3H3,(H,20,21)/t13-,15+/m0/s1. The molecule has 0 saturated carbocycles. The van der Waals surface area contributed by atoms with Crippen LogP contribution in [-0.2, 0) is 0 Å². The van der Waals surface area contributed by atoms with Gasteiger partial charge in [-0.3, -0.25) is 4.79 Å². The first-order valence-electron chi connectivity index (χ1n) is 9.16. The lowest BCUT2D eigenvalue weighted by Gasteiger charge is -2.36. The normalized spacial score (nSPS) is 22.6. The number of H-pyrrole nitrogens is 1. The van der Waals surface area contributed by atoms with Crippen molar-refractivity contribution in [3.63, 3.8) is 0 Å². The lowest BCUT2D eigenvalue weighted by atomic mass is 9.94. The lowest BCUT2D eigenvalue weighted by molar-refractivity contribution is 0.0586. The Morgan fingerprint density at radius 1 is 1.19 bits per heavy atom. The smallest absolute Gasteiger partial charge is 0.319 e. The Bertz CT molecular complexity index is 859. The first kappa shape index (κ1) is 16.9. The molecule has 4 heterocycles. The van der Waals surface area contributed by atoms with Gasteiger partial charge in [-0.1, -0.05) is 0 Å². The van der Waals surface area contributed by atoms with E-state index in [4.69, 9.17) is 0 Å². The Kier molecular flexibility index (Phi) is 4.09. The number of rotatable bonds is 1. The van der Waals surface area contributed by atoms with Crippen molar-refractivity contribution in [1.82, 2.24) is 24.7 Å². The van der Waals surface area contributed by atoms with Crippen molar-refractivity contribution in [3.8, 4) is 0 Å². The van der Waals surface area contributed by atoms with Gasteiger partial charge >= 0.3 is 6.03 Å². The number of hydrogen-bond acceptors (Lipinski definition) is 3. The number of aromatic nitrogens is 2. The fourth-order valence-electron chi connectivity index (χ4n) is 4.21. The van der Waals surface area contributed by atoms with E-state index >= 15 is 0 Å². The van der Waals surface area contributed by atoms with E-state index in [0.717, 1.165) is 42.8 Å². The monoisotopic (exact) mass is 355 g/mol. The number of amides is 3. The second-order valence-corrected chi connectivity index (χ2v) is 7.69. The molecular weight excluding hydrogens is 330 g/mol. The van der Waals surface area contributed by atoms with Crippen LogP contribution in [0.3, 0.4) is 0 Å². The molecule has 0 unspecified atom stereocenters. The summed E-state index contributed by atoms with van der Waals surface area (Å²) in [7, 11) is 3.55. The van der Waals surface area contributed by atoms with E-state index in [0.29, 0.717) is 18.0 Å². The summed E-state index contributed by atoms with van der Waals surface area (Å²) in [4.78, 5) is 38.7.